The SMILES string of the molecule is CC(C)(C)OC(=O)Oc1c(C(=O)Oc2ccccc2)c(CBr)cc2cccnc12. The van der Waals surface area contributed by atoms with E-state index >= 15 is 0 Å². The monoisotopic (exact) mass is 457 g/mol. The molecule has 1 heterocycles. The number of benzene rings is 2. The predicted molar refractivity (Wildman–Crippen MR) is 113 cm³/mol. The zero-order chi connectivity index (χ0) is 21.0. The Morgan fingerprint density at radius 1 is 1.03 bits per heavy atom. The highest BCUT2D eigenvalue weighted by molar-refractivity contribution is 9.08. The van der Waals surface area contributed by atoms with Gasteiger partial charge >= 0.3 is 12.1 Å². The fourth-order valence-corrected chi connectivity index (χ4v) is 3.12. The van der Waals surface area contributed by atoms with Crippen LogP contribution in [0.25, 0.3) is 10.9 Å². The topological polar surface area (TPSA) is 74.7 Å². The number of hydrogen-bond donors (Lipinski definition) is 0. The first-order valence-corrected chi connectivity index (χ1v) is 10.1. The Labute approximate surface area is 176 Å². The molecule has 0 aliphatic heterocycles. The molecule has 0 aliphatic rings. The van der Waals surface area contributed by atoms with Crippen LogP contribution in [0.1, 0.15) is 36.7 Å². The first kappa shape index (κ1) is 20.8. The number of carbonyl (C=O) groups excluding carboxylic acids is 2. The van der Waals surface area contributed by atoms with Crippen molar-refractivity contribution >= 4 is 39.0 Å². The van der Waals surface area contributed by atoms with Gasteiger partial charge in [0.25, 0.3) is 0 Å². The quantitative estimate of drug-likeness (QED) is 0.217. The average molecular weight is 458 g/mol. The second-order valence-electron chi connectivity index (χ2n) is 7.22. The van der Waals surface area contributed by atoms with Crippen LogP contribution in [-0.2, 0) is 10.1 Å². The highest BCUT2D eigenvalue weighted by Gasteiger charge is 2.27. The molecule has 1 aromatic heterocycles. The lowest BCUT2D eigenvalue weighted by Gasteiger charge is -2.20. The molecule has 6 nitrogen and oxygen atoms in total. The third-order valence-corrected chi connectivity index (χ3v) is 4.41. The smallest absolute Gasteiger partial charge is 0.428 e. The van der Waals surface area contributed by atoms with E-state index in [0.29, 0.717) is 22.2 Å². The van der Waals surface area contributed by atoms with Crippen molar-refractivity contribution in [2.45, 2.75) is 31.7 Å². The summed E-state index contributed by atoms with van der Waals surface area (Å²) in [5, 5.41) is 1.07. The number of carbonyl (C=O) groups is 2. The van der Waals surface area contributed by atoms with Crippen molar-refractivity contribution in [3.63, 3.8) is 0 Å². The van der Waals surface area contributed by atoms with E-state index in [1.807, 2.05) is 12.1 Å². The second kappa shape index (κ2) is 8.61. The molecular weight excluding hydrogens is 438 g/mol. The standard InChI is InChI=1S/C22H20BrNO5/c1-22(2,3)29-21(26)28-19-17(20(25)27-16-9-5-4-6-10-16)15(13-23)12-14-8-7-11-24-18(14)19/h4-12H,13H2,1-3H3. The Kier molecular flexibility index (Phi) is 6.17. The number of pyridine rings is 1. The first-order valence-electron chi connectivity index (χ1n) is 8.93. The van der Waals surface area contributed by atoms with Gasteiger partial charge in [0.2, 0.25) is 0 Å². The maximum absolute atomic E-state index is 13.0. The average Bonchev–Trinajstić information content (AvgIpc) is 2.66. The molecule has 0 fully saturated rings. The lowest BCUT2D eigenvalue weighted by atomic mass is 10.0. The van der Waals surface area contributed by atoms with Gasteiger partial charge in [-0.3, -0.25) is 4.98 Å². The van der Waals surface area contributed by atoms with Gasteiger partial charge in [0.1, 0.15) is 22.4 Å². The molecule has 0 bridgehead atoms. The summed E-state index contributed by atoms with van der Waals surface area (Å²) in [6, 6.07) is 14.1. The van der Waals surface area contributed by atoms with Gasteiger partial charge < -0.3 is 14.2 Å². The highest BCUT2D eigenvalue weighted by atomic mass is 79.9. The number of fused-ring (bicyclic) bond motifs is 1. The highest BCUT2D eigenvalue weighted by Crippen LogP contribution is 2.34. The van der Waals surface area contributed by atoms with Crippen molar-refractivity contribution in [1.82, 2.24) is 4.98 Å². The van der Waals surface area contributed by atoms with E-state index in [1.54, 1.807) is 63.4 Å². The molecule has 0 saturated heterocycles. The lowest BCUT2D eigenvalue weighted by Crippen LogP contribution is -2.27. The van der Waals surface area contributed by atoms with Crippen LogP contribution in [0.5, 0.6) is 11.5 Å². The minimum atomic E-state index is -0.926. The molecule has 0 atom stereocenters. The van der Waals surface area contributed by atoms with Gasteiger partial charge in [-0.05, 0) is 50.6 Å². The summed E-state index contributed by atoms with van der Waals surface area (Å²) in [5.74, 6) is -0.271. The Hall–Kier alpha value is -2.93. The number of rotatable bonds is 4. The molecule has 3 rings (SSSR count). The molecule has 0 radical (unpaired) electrons. The minimum Gasteiger partial charge on any atom is -0.428 e. The number of hydrogen-bond acceptors (Lipinski definition) is 6. The fraction of sp³-hybridized carbons (Fsp3) is 0.227. The number of ether oxygens (including phenoxy) is 3. The summed E-state index contributed by atoms with van der Waals surface area (Å²) in [7, 11) is 0. The number of esters is 1. The number of para-hydroxylation sites is 1. The second-order valence-corrected chi connectivity index (χ2v) is 7.78. The molecule has 2 aromatic carbocycles. The molecule has 0 N–H and O–H groups in total. The Morgan fingerprint density at radius 2 is 1.76 bits per heavy atom. The van der Waals surface area contributed by atoms with Gasteiger partial charge in [-0.25, -0.2) is 9.59 Å². The van der Waals surface area contributed by atoms with E-state index in [-0.39, 0.29) is 11.3 Å². The van der Waals surface area contributed by atoms with Crippen LogP contribution in [0, 0.1) is 0 Å². The van der Waals surface area contributed by atoms with Crippen LogP contribution in [0.3, 0.4) is 0 Å². The van der Waals surface area contributed by atoms with Crippen LogP contribution in [0.4, 0.5) is 4.79 Å². The molecule has 7 heteroatoms. The van der Waals surface area contributed by atoms with Gasteiger partial charge in [0.15, 0.2) is 5.75 Å². The van der Waals surface area contributed by atoms with Crippen molar-refractivity contribution in [2.24, 2.45) is 0 Å². The Morgan fingerprint density at radius 3 is 2.41 bits per heavy atom. The molecule has 0 unspecified atom stereocenters. The summed E-state index contributed by atoms with van der Waals surface area (Å²) in [5.41, 5.74) is 0.328. The Bertz CT molecular complexity index is 1040. The third-order valence-electron chi connectivity index (χ3n) is 3.81. The number of alkyl halides is 1. The number of halogens is 1. The molecule has 150 valence electrons. The van der Waals surface area contributed by atoms with Gasteiger partial charge in [-0.2, -0.15) is 0 Å². The fourth-order valence-electron chi connectivity index (χ4n) is 2.68. The van der Waals surface area contributed by atoms with Crippen molar-refractivity contribution in [1.29, 1.82) is 0 Å². The van der Waals surface area contributed by atoms with Crippen molar-refractivity contribution in [2.75, 3.05) is 0 Å². The molecule has 3 aromatic rings. The summed E-state index contributed by atoms with van der Waals surface area (Å²) in [6.07, 6.45) is 0.634. The zero-order valence-electron chi connectivity index (χ0n) is 16.3. The molecular formula is C22H20BrNO5. The normalized spacial score (nSPS) is 11.2. The van der Waals surface area contributed by atoms with Gasteiger partial charge in [-0.15, -0.1) is 0 Å². The first-order chi connectivity index (χ1) is 13.8. The summed E-state index contributed by atoms with van der Waals surface area (Å²) < 4.78 is 16.3. The van der Waals surface area contributed by atoms with Crippen LogP contribution in [-0.4, -0.2) is 22.7 Å². The van der Waals surface area contributed by atoms with Gasteiger partial charge in [0.05, 0.1) is 0 Å². The van der Waals surface area contributed by atoms with E-state index in [9.17, 15) is 9.59 Å². The summed E-state index contributed by atoms with van der Waals surface area (Å²) in [4.78, 5) is 29.7. The molecule has 0 amide bonds. The number of aromatic nitrogens is 1. The minimum absolute atomic E-state index is 0.00716. The van der Waals surface area contributed by atoms with Crippen LogP contribution < -0.4 is 9.47 Å². The van der Waals surface area contributed by atoms with Crippen LogP contribution in [0.2, 0.25) is 0 Å². The van der Waals surface area contributed by atoms with Crippen molar-refractivity contribution in [3.8, 4) is 11.5 Å². The maximum Gasteiger partial charge on any atom is 0.514 e. The van der Waals surface area contributed by atoms with Crippen LogP contribution in [0.15, 0.2) is 54.7 Å². The largest absolute Gasteiger partial charge is 0.514 e. The van der Waals surface area contributed by atoms with Crippen LogP contribution >= 0.6 is 15.9 Å². The van der Waals surface area contributed by atoms with E-state index in [4.69, 9.17) is 14.2 Å². The van der Waals surface area contributed by atoms with Crippen molar-refractivity contribution < 1.29 is 23.8 Å². The maximum atomic E-state index is 13.0. The zero-order valence-corrected chi connectivity index (χ0v) is 17.9. The molecule has 0 saturated carbocycles. The van der Waals surface area contributed by atoms with E-state index in [0.717, 1.165) is 5.39 Å². The number of nitrogens with zero attached hydrogens (tertiary/aromatic N) is 1. The predicted octanol–water partition coefficient (Wildman–Crippen LogP) is 5.66. The molecule has 0 spiro atoms. The summed E-state index contributed by atoms with van der Waals surface area (Å²) in [6.45, 7) is 5.18. The van der Waals surface area contributed by atoms with E-state index in [1.165, 1.54) is 0 Å². The molecule has 29 heavy (non-hydrogen) atoms. The van der Waals surface area contributed by atoms with E-state index in [2.05, 4.69) is 20.9 Å². The van der Waals surface area contributed by atoms with Gasteiger partial charge in [-0.1, -0.05) is 40.2 Å². The lowest BCUT2D eigenvalue weighted by molar-refractivity contribution is 0.0207. The van der Waals surface area contributed by atoms with E-state index < -0.39 is 17.7 Å². The van der Waals surface area contributed by atoms with Crippen molar-refractivity contribution in [3.05, 3.63) is 65.9 Å². The third kappa shape index (κ3) is 5.12. The summed E-state index contributed by atoms with van der Waals surface area (Å²) >= 11 is 3.40. The Balaban J connectivity index is 2.10. The molecule has 0 aliphatic carbocycles. The van der Waals surface area contributed by atoms with Gasteiger partial charge in [0, 0.05) is 16.9 Å².